The van der Waals surface area contributed by atoms with Crippen LogP contribution in [0.3, 0.4) is 0 Å². The molecule has 0 aliphatic carbocycles. The van der Waals surface area contributed by atoms with Gasteiger partial charge in [0, 0.05) is 12.1 Å². The fourth-order valence-corrected chi connectivity index (χ4v) is 0.826. The second kappa shape index (κ2) is 3.99. The van der Waals surface area contributed by atoms with Crippen molar-refractivity contribution < 1.29 is 4.39 Å². The number of rotatable bonds is 3. The molecule has 0 spiro atoms. The smallest absolute Gasteiger partial charge is 0.101 e. The molecule has 0 amide bonds. The molecule has 3 atom stereocenters. The lowest BCUT2D eigenvalue weighted by atomic mass is 10.0. The van der Waals surface area contributed by atoms with Gasteiger partial charge < -0.3 is 5.41 Å². The Morgan fingerprint density at radius 2 is 2.00 bits per heavy atom. The van der Waals surface area contributed by atoms with Crippen LogP contribution < -0.4 is 0 Å². The van der Waals surface area contributed by atoms with Crippen molar-refractivity contribution in [3.05, 3.63) is 0 Å². The molecule has 0 bridgehead atoms. The Morgan fingerprint density at radius 3 is 2.11 bits per heavy atom. The summed E-state index contributed by atoms with van der Waals surface area (Å²) < 4.78 is 12.4. The lowest BCUT2D eigenvalue weighted by Gasteiger charge is -2.14. The molecule has 0 rings (SSSR count). The Hall–Kier alpha value is 0.0800. The molecule has 0 aliphatic rings. The van der Waals surface area contributed by atoms with E-state index in [1.807, 2.05) is 0 Å². The van der Waals surface area contributed by atoms with Crippen LogP contribution in [0.2, 0.25) is 0 Å². The molecule has 0 aromatic heterocycles. The first-order valence-electron chi connectivity index (χ1n) is 2.88. The van der Waals surface area contributed by atoms with E-state index < -0.39 is 6.17 Å². The minimum atomic E-state index is -0.851. The molecule has 1 nitrogen and oxygen atoms in total. The summed E-state index contributed by atoms with van der Waals surface area (Å²) in [6, 6.07) is 0. The summed E-state index contributed by atoms with van der Waals surface area (Å²) in [6.07, 6.45) is 0.358. The van der Waals surface area contributed by atoms with Crippen LogP contribution in [0, 0.1) is 11.3 Å². The van der Waals surface area contributed by atoms with Gasteiger partial charge in [-0.3, -0.25) is 0 Å². The van der Waals surface area contributed by atoms with E-state index in [9.17, 15) is 4.39 Å². The SMILES string of the molecule is C[C@H](C(Br)C=N)[C@@H](C)F. The van der Waals surface area contributed by atoms with E-state index in [2.05, 4.69) is 15.9 Å². The molecule has 0 fully saturated rings. The predicted molar refractivity (Wildman–Crippen MR) is 41.2 cm³/mol. The second-order valence-corrected chi connectivity index (χ2v) is 3.21. The summed E-state index contributed by atoms with van der Waals surface area (Å²) >= 11 is 3.16. The highest BCUT2D eigenvalue weighted by atomic mass is 79.9. The number of hydrogen-bond donors (Lipinski definition) is 1. The number of nitrogens with one attached hydrogen (secondary N) is 1. The monoisotopic (exact) mass is 195 g/mol. The molecule has 0 saturated heterocycles. The van der Waals surface area contributed by atoms with Crippen molar-refractivity contribution in [1.29, 1.82) is 5.41 Å². The van der Waals surface area contributed by atoms with E-state index in [-0.39, 0.29) is 10.7 Å². The Morgan fingerprint density at radius 1 is 1.56 bits per heavy atom. The fraction of sp³-hybridized carbons (Fsp3) is 0.833. The van der Waals surface area contributed by atoms with Gasteiger partial charge in [0.15, 0.2) is 0 Å². The molecular formula is C6H11BrFN. The van der Waals surface area contributed by atoms with E-state index in [4.69, 9.17) is 5.41 Å². The average molecular weight is 196 g/mol. The van der Waals surface area contributed by atoms with Gasteiger partial charge in [0.25, 0.3) is 0 Å². The van der Waals surface area contributed by atoms with Crippen molar-refractivity contribution in [2.75, 3.05) is 0 Å². The highest BCUT2D eigenvalue weighted by molar-refractivity contribution is 9.10. The third-order valence-electron chi connectivity index (χ3n) is 1.39. The maximum Gasteiger partial charge on any atom is 0.101 e. The first-order chi connectivity index (χ1) is 4.09. The number of alkyl halides is 2. The van der Waals surface area contributed by atoms with Crippen LogP contribution in [-0.2, 0) is 0 Å². The van der Waals surface area contributed by atoms with Gasteiger partial charge in [0.05, 0.1) is 4.83 Å². The number of halogens is 2. The zero-order valence-electron chi connectivity index (χ0n) is 5.57. The molecule has 0 saturated carbocycles. The first kappa shape index (κ1) is 9.08. The minimum absolute atomic E-state index is 0.109. The standard InChI is InChI=1S/C6H11BrFN/c1-4(5(2)8)6(7)3-9/h3-6,9H,1-2H3/t4-,5+,6?/m0/s1. The normalized spacial score (nSPS) is 20.4. The van der Waals surface area contributed by atoms with E-state index >= 15 is 0 Å². The van der Waals surface area contributed by atoms with E-state index in [1.165, 1.54) is 13.1 Å². The molecule has 3 heteroatoms. The summed E-state index contributed by atoms with van der Waals surface area (Å²) in [6.45, 7) is 3.28. The molecule has 54 valence electrons. The van der Waals surface area contributed by atoms with Gasteiger partial charge in [-0.2, -0.15) is 0 Å². The van der Waals surface area contributed by atoms with Gasteiger partial charge in [-0.1, -0.05) is 22.9 Å². The van der Waals surface area contributed by atoms with Crippen molar-refractivity contribution in [3.8, 4) is 0 Å². The van der Waals surface area contributed by atoms with Gasteiger partial charge >= 0.3 is 0 Å². The minimum Gasteiger partial charge on any atom is -0.312 e. The Kier molecular flexibility index (Phi) is 4.02. The second-order valence-electron chi connectivity index (χ2n) is 2.15. The Bertz CT molecular complexity index is 95.1. The molecule has 0 radical (unpaired) electrons. The van der Waals surface area contributed by atoms with Crippen LogP contribution in [0.1, 0.15) is 13.8 Å². The first-order valence-corrected chi connectivity index (χ1v) is 3.80. The molecule has 9 heavy (non-hydrogen) atoms. The van der Waals surface area contributed by atoms with Crippen LogP contribution in [0.4, 0.5) is 4.39 Å². The molecular weight excluding hydrogens is 185 g/mol. The number of hydrogen-bond acceptors (Lipinski definition) is 1. The van der Waals surface area contributed by atoms with E-state index in [0.29, 0.717) is 0 Å². The molecule has 1 unspecified atom stereocenters. The van der Waals surface area contributed by atoms with E-state index in [0.717, 1.165) is 0 Å². The highest BCUT2D eigenvalue weighted by Gasteiger charge is 2.17. The van der Waals surface area contributed by atoms with Gasteiger partial charge in [-0.15, -0.1) is 0 Å². The Balaban J connectivity index is 3.71. The van der Waals surface area contributed by atoms with Gasteiger partial charge in [0.2, 0.25) is 0 Å². The van der Waals surface area contributed by atoms with Crippen LogP contribution >= 0.6 is 15.9 Å². The average Bonchev–Trinajstić information content (AvgIpc) is 1.84. The maximum atomic E-state index is 12.4. The van der Waals surface area contributed by atoms with E-state index in [1.54, 1.807) is 6.92 Å². The van der Waals surface area contributed by atoms with Gasteiger partial charge in [-0.05, 0) is 6.92 Å². The van der Waals surface area contributed by atoms with Crippen molar-refractivity contribution in [3.63, 3.8) is 0 Å². The molecule has 0 heterocycles. The fourth-order valence-electron chi connectivity index (χ4n) is 0.405. The van der Waals surface area contributed by atoms with Crippen LogP contribution in [0.5, 0.6) is 0 Å². The zero-order valence-corrected chi connectivity index (χ0v) is 7.15. The third kappa shape index (κ3) is 2.94. The third-order valence-corrected chi connectivity index (χ3v) is 2.48. The summed E-state index contributed by atoms with van der Waals surface area (Å²) in [4.78, 5) is -0.127. The highest BCUT2D eigenvalue weighted by Crippen LogP contribution is 2.16. The molecule has 0 aromatic carbocycles. The van der Waals surface area contributed by atoms with Crippen LogP contribution in [-0.4, -0.2) is 17.2 Å². The maximum absolute atomic E-state index is 12.4. The Labute approximate surface area is 63.3 Å². The van der Waals surface area contributed by atoms with Crippen molar-refractivity contribution in [2.24, 2.45) is 5.92 Å². The van der Waals surface area contributed by atoms with Crippen molar-refractivity contribution >= 4 is 22.1 Å². The quantitative estimate of drug-likeness (QED) is 0.529. The topological polar surface area (TPSA) is 23.9 Å². The van der Waals surface area contributed by atoms with Crippen molar-refractivity contribution in [2.45, 2.75) is 24.8 Å². The van der Waals surface area contributed by atoms with Gasteiger partial charge in [0.1, 0.15) is 6.17 Å². The molecule has 1 N–H and O–H groups in total. The lowest BCUT2D eigenvalue weighted by Crippen LogP contribution is -2.20. The van der Waals surface area contributed by atoms with Gasteiger partial charge in [-0.25, -0.2) is 4.39 Å². The van der Waals surface area contributed by atoms with Crippen LogP contribution in [0.25, 0.3) is 0 Å². The summed E-state index contributed by atoms with van der Waals surface area (Å²) in [5, 5.41) is 6.79. The summed E-state index contributed by atoms with van der Waals surface area (Å²) in [5.74, 6) is -0.109. The molecule has 0 aromatic rings. The zero-order chi connectivity index (χ0) is 7.44. The molecule has 0 aliphatic heterocycles. The van der Waals surface area contributed by atoms with Crippen LogP contribution in [0.15, 0.2) is 0 Å². The lowest BCUT2D eigenvalue weighted by molar-refractivity contribution is 0.275. The van der Waals surface area contributed by atoms with Crippen molar-refractivity contribution in [1.82, 2.24) is 0 Å². The summed E-state index contributed by atoms with van der Waals surface area (Å²) in [7, 11) is 0. The summed E-state index contributed by atoms with van der Waals surface area (Å²) in [5.41, 5.74) is 0. The predicted octanol–water partition coefficient (Wildman–Crippen LogP) is 2.39. The largest absolute Gasteiger partial charge is 0.312 e.